The number of aliphatic imine (C=N–C) groups is 1. The second-order valence-corrected chi connectivity index (χ2v) is 5.43. The predicted molar refractivity (Wildman–Crippen MR) is 78.4 cm³/mol. The molecule has 2 heteroatoms. The molecule has 1 aromatic carbocycles. The molecule has 0 aliphatic carbocycles. The van der Waals surface area contributed by atoms with Gasteiger partial charge in [0.2, 0.25) is 0 Å². The zero-order valence-electron chi connectivity index (χ0n) is 11.4. The minimum absolute atomic E-state index is 0.545. The quantitative estimate of drug-likeness (QED) is 0.733. The summed E-state index contributed by atoms with van der Waals surface area (Å²) in [6.07, 6.45) is 1.14. The summed E-state index contributed by atoms with van der Waals surface area (Å²) in [5.41, 5.74) is 6.88. The van der Waals surface area contributed by atoms with Gasteiger partial charge in [-0.25, -0.2) is 0 Å². The summed E-state index contributed by atoms with van der Waals surface area (Å²) < 4.78 is 0. The Balaban J connectivity index is 2.17. The molecule has 2 aliphatic heterocycles. The normalized spacial score (nSPS) is 18.7. The van der Waals surface area contributed by atoms with Gasteiger partial charge < -0.3 is 4.90 Å². The van der Waals surface area contributed by atoms with Crippen molar-refractivity contribution in [2.24, 2.45) is 4.99 Å². The van der Waals surface area contributed by atoms with E-state index in [-0.39, 0.29) is 0 Å². The molecule has 0 fully saturated rings. The third kappa shape index (κ3) is 1.67. The molecule has 18 heavy (non-hydrogen) atoms. The number of rotatable bonds is 1. The van der Waals surface area contributed by atoms with Gasteiger partial charge in [-0.1, -0.05) is 18.2 Å². The highest BCUT2D eigenvalue weighted by Gasteiger charge is 2.26. The van der Waals surface area contributed by atoms with Crippen LogP contribution >= 0.6 is 0 Å². The van der Waals surface area contributed by atoms with Crippen LogP contribution < -0.4 is 4.90 Å². The molecular weight excluding hydrogens is 220 g/mol. The Morgan fingerprint density at radius 3 is 2.78 bits per heavy atom. The summed E-state index contributed by atoms with van der Waals surface area (Å²) in [6.45, 7) is 8.70. The minimum atomic E-state index is 0.545. The zero-order chi connectivity index (χ0) is 12.7. The molecule has 2 heterocycles. The molecule has 0 saturated heterocycles. The van der Waals surface area contributed by atoms with E-state index in [1.807, 2.05) is 0 Å². The summed E-state index contributed by atoms with van der Waals surface area (Å²) in [7, 11) is 0. The van der Waals surface area contributed by atoms with Crippen LogP contribution in [0.5, 0.6) is 0 Å². The summed E-state index contributed by atoms with van der Waals surface area (Å²) in [4.78, 5) is 7.13. The average molecular weight is 240 g/mol. The molecule has 0 atom stereocenters. The number of benzene rings is 1. The van der Waals surface area contributed by atoms with Crippen molar-refractivity contribution in [3.05, 3.63) is 35.4 Å². The molecule has 0 spiro atoms. The molecule has 0 radical (unpaired) electrons. The van der Waals surface area contributed by atoms with E-state index in [1.54, 1.807) is 0 Å². The Hall–Kier alpha value is -1.57. The molecule has 0 amide bonds. The van der Waals surface area contributed by atoms with E-state index in [0.29, 0.717) is 6.04 Å². The molecule has 2 nitrogen and oxygen atoms in total. The van der Waals surface area contributed by atoms with Crippen molar-refractivity contribution in [3.63, 3.8) is 0 Å². The average Bonchev–Trinajstić information content (AvgIpc) is 2.63. The first-order chi connectivity index (χ1) is 8.68. The van der Waals surface area contributed by atoms with E-state index in [4.69, 9.17) is 0 Å². The van der Waals surface area contributed by atoms with Gasteiger partial charge in [0, 0.05) is 35.1 Å². The van der Waals surface area contributed by atoms with E-state index in [9.17, 15) is 0 Å². The van der Waals surface area contributed by atoms with Crippen molar-refractivity contribution in [3.8, 4) is 0 Å². The van der Waals surface area contributed by atoms with Gasteiger partial charge in [0.05, 0.1) is 6.54 Å². The highest BCUT2D eigenvalue weighted by Crippen LogP contribution is 2.37. The molecule has 0 unspecified atom stereocenters. The number of para-hydroxylation sites is 1. The van der Waals surface area contributed by atoms with Gasteiger partial charge >= 0.3 is 0 Å². The Kier molecular flexibility index (Phi) is 2.73. The summed E-state index contributed by atoms with van der Waals surface area (Å²) >= 11 is 0. The van der Waals surface area contributed by atoms with E-state index in [1.165, 1.54) is 28.1 Å². The lowest BCUT2D eigenvalue weighted by atomic mass is 9.96. The van der Waals surface area contributed by atoms with Crippen LogP contribution in [0, 0.1) is 0 Å². The van der Waals surface area contributed by atoms with Crippen molar-refractivity contribution in [1.29, 1.82) is 0 Å². The van der Waals surface area contributed by atoms with Gasteiger partial charge in [-0.15, -0.1) is 0 Å². The molecule has 0 aromatic heterocycles. The first kappa shape index (κ1) is 11.5. The maximum absolute atomic E-state index is 4.62. The lowest BCUT2D eigenvalue weighted by molar-refractivity contribution is 0.678. The first-order valence-corrected chi connectivity index (χ1v) is 6.78. The van der Waals surface area contributed by atoms with Crippen LogP contribution in [0.3, 0.4) is 0 Å². The van der Waals surface area contributed by atoms with E-state index in [2.05, 4.69) is 54.9 Å². The monoisotopic (exact) mass is 240 g/mol. The van der Waals surface area contributed by atoms with Crippen molar-refractivity contribution in [1.82, 2.24) is 0 Å². The largest absolute Gasteiger partial charge is 0.368 e. The number of fused-ring (bicyclic) bond motifs is 2. The van der Waals surface area contributed by atoms with Crippen LogP contribution in [-0.4, -0.2) is 24.8 Å². The maximum atomic E-state index is 4.62. The SMILES string of the molecule is CC1=NCC2=C1c1ccccc1N(C(C)C)CC2. The summed E-state index contributed by atoms with van der Waals surface area (Å²) in [5, 5.41) is 0. The molecular formula is C16H20N2. The second kappa shape index (κ2) is 4.27. The number of hydrogen-bond donors (Lipinski definition) is 0. The Labute approximate surface area is 109 Å². The smallest absolute Gasteiger partial charge is 0.0613 e. The van der Waals surface area contributed by atoms with Crippen molar-refractivity contribution in [2.45, 2.75) is 33.2 Å². The van der Waals surface area contributed by atoms with Gasteiger partial charge in [0.1, 0.15) is 0 Å². The second-order valence-electron chi connectivity index (χ2n) is 5.43. The number of anilines is 1. The lowest BCUT2D eigenvalue weighted by Crippen LogP contribution is -2.31. The molecule has 94 valence electrons. The van der Waals surface area contributed by atoms with Gasteiger partial charge in [-0.05, 0) is 38.8 Å². The van der Waals surface area contributed by atoms with Crippen LogP contribution in [0.1, 0.15) is 32.8 Å². The molecule has 0 bridgehead atoms. The van der Waals surface area contributed by atoms with Gasteiger partial charge in [0.15, 0.2) is 0 Å². The van der Waals surface area contributed by atoms with E-state index < -0.39 is 0 Å². The fourth-order valence-electron chi connectivity index (χ4n) is 3.07. The Bertz CT molecular complexity index is 538. The number of hydrogen-bond acceptors (Lipinski definition) is 2. The molecule has 2 aliphatic rings. The first-order valence-electron chi connectivity index (χ1n) is 6.78. The fourth-order valence-corrected chi connectivity index (χ4v) is 3.07. The van der Waals surface area contributed by atoms with Crippen molar-refractivity contribution < 1.29 is 0 Å². The van der Waals surface area contributed by atoms with Crippen LogP contribution in [0.25, 0.3) is 5.57 Å². The topological polar surface area (TPSA) is 15.6 Å². The summed E-state index contributed by atoms with van der Waals surface area (Å²) in [5.74, 6) is 0. The van der Waals surface area contributed by atoms with E-state index in [0.717, 1.165) is 19.5 Å². The highest BCUT2D eigenvalue weighted by molar-refractivity contribution is 6.26. The predicted octanol–water partition coefficient (Wildman–Crippen LogP) is 3.53. The molecule has 0 saturated carbocycles. The van der Waals surface area contributed by atoms with Gasteiger partial charge in [0.25, 0.3) is 0 Å². The number of allylic oxidation sites excluding steroid dienone is 1. The highest BCUT2D eigenvalue weighted by atomic mass is 15.2. The van der Waals surface area contributed by atoms with Gasteiger partial charge in [-0.3, -0.25) is 4.99 Å². The van der Waals surface area contributed by atoms with Crippen molar-refractivity contribution >= 4 is 17.0 Å². The number of nitrogens with zero attached hydrogens (tertiary/aromatic N) is 2. The minimum Gasteiger partial charge on any atom is -0.368 e. The van der Waals surface area contributed by atoms with Gasteiger partial charge in [-0.2, -0.15) is 0 Å². The third-order valence-corrected chi connectivity index (χ3v) is 3.98. The third-order valence-electron chi connectivity index (χ3n) is 3.98. The van der Waals surface area contributed by atoms with Crippen LogP contribution in [-0.2, 0) is 0 Å². The van der Waals surface area contributed by atoms with E-state index >= 15 is 0 Å². The lowest BCUT2D eigenvalue weighted by Gasteiger charge is -2.29. The fraction of sp³-hybridized carbons (Fsp3) is 0.438. The summed E-state index contributed by atoms with van der Waals surface area (Å²) in [6, 6.07) is 9.32. The van der Waals surface area contributed by atoms with Crippen molar-refractivity contribution in [2.75, 3.05) is 18.0 Å². The van der Waals surface area contributed by atoms with Crippen LogP contribution in [0.4, 0.5) is 5.69 Å². The van der Waals surface area contributed by atoms with Crippen LogP contribution in [0.15, 0.2) is 34.8 Å². The van der Waals surface area contributed by atoms with Crippen LogP contribution in [0.2, 0.25) is 0 Å². The molecule has 3 rings (SSSR count). The maximum Gasteiger partial charge on any atom is 0.0613 e. The standard InChI is InChI=1S/C16H20N2/c1-11(2)18-9-8-13-10-17-12(3)16(13)14-6-4-5-7-15(14)18/h4-7,11H,8-10H2,1-3H3. The molecule has 0 N–H and O–H groups in total. The Morgan fingerprint density at radius 1 is 1.22 bits per heavy atom. The zero-order valence-corrected chi connectivity index (χ0v) is 11.4. The Morgan fingerprint density at radius 2 is 2.00 bits per heavy atom. The molecule has 1 aromatic rings.